The lowest BCUT2D eigenvalue weighted by atomic mass is 10.0. The third-order valence-corrected chi connectivity index (χ3v) is 3.43. The number of rotatable bonds is 3. The lowest BCUT2D eigenvalue weighted by Crippen LogP contribution is -2.48. The van der Waals surface area contributed by atoms with Gasteiger partial charge in [-0.05, 0) is 18.2 Å². The number of ether oxygens (including phenoxy) is 2. The number of hydrogen-bond donors (Lipinski definition) is 2. The van der Waals surface area contributed by atoms with E-state index in [1.54, 1.807) is 18.2 Å². The summed E-state index contributed by atoms with van der Waals surface area (Å²) in [7, 11) is 0. The molecule has 0 aliphatic carbocycles. The minimum atomic E-state index is -0.0532. The summed E-state index contributed by atoms with van der Waals surface area (Å²) in [5.41, 5.74) is 0.622. The predicted molar refractivity (Wildman–Crippen MR) is 70.7 cm³/mol. The Morgan fingerprint density at radius 1 is 1.26 bits per heavy atom. The Labute approximate surface area is 112 Å². The molecule has 5 nitrogen and oxygen atoms in total. The molecule has 0 atom stereocenters. The molecule has 0 saturated carbocycles. The van der Waals surface area contributed by atoms with E-state index < -0.39 is 0 Å². The topological polar surface area (TPSA) is 59.6 Å². The van der Waals surface area contributed by atoms with Crippen LogP contribution < -0.4 is 20.1 Å². The fourth-order valence-corrected chi connectivity index (χ4v) is 2.14. The number of hydrogen-bond acceptors (Lipinski definition) is 4. The van der Waals surface area contributed by atoms with Crippen LogP contribution in [0.3, 0.4) is 0 Å². The Bertz CT molecular complexity index is 472. The number of nitrogens with one attached hydrogen (secondary N) is 2. The van der Waals surface area contributed by atoms with Crippen molar-refractivity contribution < 1.29 is 14.3 Å². The van der Waals surface area contributed by atoms with Crippen LogP contribution in [0.5, 0.6) is 11.5 Å². The molecule has 1 aromatic rings. The van der Waals surface area contributed by atoms with Crippen molar-refractivity contribution >= 4 is 5.91 Å². The zero-order chi connectivity index (χ0) is 13.1. The maximum absolute atomic E-state index is 12.0. The van der Waals surface area contributed by atoms with Gasteiger partial charge in [-0.25, -0.2) is 0 Å². The third kappa shape index (κ3) is 2.81. The van der Waals surface area contributed by atoms with Gasteiger partial charge in [0.25, 0.3) is 5.91 Å². The standard InChI is InChI=1S/C14H18N2O3/c17-14(16-9-10-7-15-8-10)11-2-3-12-13(6-11)19-5-1-4-18-12/h2-3,6,10,15H,1,4-5,7-9H2,(H,16,17). The second-order valence-corrected chi connectivity index (χ2v) is 4.95. The molecule has 2 aliphatic rings. The van der Waals surface area contributed by atoms with Crippen molar-refractivity contribution in [3.8, 4) is 11.5 Å². The highest BCUT2D eigenvalue weighted by atomic mass is 16.5. The van der Waals surface area contributed by atoms with Crippen LogP contribution in [0.1, 0.15) is 16.8 Å². The Hall–Kier alpha value is -1.75. The van der Waals surface area contributed by atoms with Crippen molar-refractivity contribution in [1.82, 2.24) is 10.6 Å². The van der Waals surface area contributed by atoms with Gasteiger partial charge in [-0.2, -0.15) is 0 Å². The Kier molecular flexibility index (Phi) is 3.55. The van der Waals surface area contributed by atoms with Gasteiger partial charge in [-0.3, -0.25) is 4.79 Å². The van der Waals surface area contributed by atoms with E-state index in [0.717, 1.165) is 31.8 Å². The predicted octanol–water partition coefficient (Wildman–Crippen LogP) is 0.797. The average Bonchev–Trinajstić information content (AvgIpc) is 2.60. The van der Waals surface area contributed by atoms with E-state index in [2.05, 4.69) is 10.6 Å². The van der Waals surface area contributed by atoms with E-state index in [4.69, 9.17) is 9.47 Å². The quantitative estimate of drug-likeness (QED) is 0.846. The van der Waals surface area contributed by atoms with Crippen LogP contribution in [0, 0.1) is 5.92 Å². The molecule has 0 unspecified atom stereocenters. The van der Waals surface area contributed by atoms with Crippen molar-refractivity contribution in [3.05, 3.63) is 23.8 Å². The van der Waals surface area contributed by atoms with Crippen LogP contribution in [-0.4, -0.2) is 38.8 Å². The monoisotopic (exact) mass is 262 g/mol. The van der Waals surface area contributed by atoms with Crippen LogP contribution in [0.4, 0.5) is 0 Å². The summed E-state index contributed by atoms with van der Waals surface area (Å²) in [5, 5.41) is 6.13. The summed E-state index contributed by atoms with van der Waals surface area (Å²) in [6, 6.07) is 5.34. The largest absolute Gasteiger partial charge is 0.490 e. The van der Waals surface area contributed by atoms with Crippen LogP contribution >= 0.6 is 0 Å². The smallest absolute Gasteiger partial charge is 0.251 e. The van der Waals surface area contributed by atoms with Crippen molar-refractivity contribution in [2.24, 2.45) is 5.92 Å². The Morgan fingerprint density at radius 2 is 2.05 bits per heavy atom. The molecule has 2 heterocycles. The number of carbonyl (C=O) groups excluding carboxylic acids is 1. The molecular formula is C14H18N2O3. The van der Waals surface area contributed by atoms with Crippen molar-refractivity contribution in [2.45, 2.75) is 6.42 Å². The van der Waals surface area contributed by atoms with Gasteiger partial charge in [0.1, 0.15) is 0 Å². The van der Waals surface area contributed by atoms with Gasteiger partial charge < -0.3 is 20.1 Å². The van der Waals surface area contributed by atoms with E-state index in [1.165, 1.54) is 0 Å². The molecule has 102 valence electrons. The van der Waals surface area contributed by atoms with Gasteiger partial charge in [0, 0.05) is 37.5 Å². The van der Waals surface area contributed by atoms with Crippen LogP contribution in [0.25, 0.3) is 0 Å². The molecule has 0 aromatic heterocycles. The summed E-state index contributed by atoms with van der Waals surface area (Å²) in [4.78, 5) is 12.0. The summed E-state index contributed by atoms with van der Waals surface area (Å²) < 4.78 is 11.1. The maximum Gasteiger partial charge on any atom is 0.251 e. The zero-order valence-corrected chi connectivity index (χ0v) is 10.8. The first kappa shape index (κ1) is 12.3. The highest BCUT2D eigenvalue weighted by Gasteiger charge is 2.18. The van der Waals surface area contributed by atoms with E-state index in [-0.39, 0.29) is 5.91 Å². The molecule has 2 aliphatic heterocycles. The molecule has 3 rings (SSSR count). The Balaban J connectivity index is 1.66. The lowest BCUT2D eigenvalue weighted by molar-refractivity contribution is 0.0942. The van der Waals surface area contributed by atoms with Crippen molar-refractivity contribution in [3.63, 3.8) is 0 Å². The molecule has 2 N–H and O–H groups in total. The summed E-state index contributed by atoms with van der Waals surface area (Å²) >= 11 is 0. The lowest BCUT2D eigenvalue weighted by Gasteiger charge is -2.27. The first-order valence-corrected chi connectivity index (χ1v) is 6.71. The second kappa shape index (κ2) is 5.48. The molecule has 1 saturated heterocycles. The summed E-state index contributed by atoms with van der Waals surface area (Å²) in [5.74, 6) is 1.89. The molecule has 1 amide bonds. The zero-order valence-electron chi connectivity index (χ0n) is 10.8. The third-order valence-electron chi connectivity index (χ3n) is 3.43. The molecule has 19 heavy (non-hydrogen) atoms. The minimum absolute atomic E-state index is 0.0532. The summed E-state index contributed by atoms with van der Waals surface area (Å²) in [6.45, 7) is 3.99. The van der Waals surface area contributed by atoms with Gasteiger partial charge in [0.15, 0.2) is 11.5 Å². The highest BCUT2D eigenvalue weighted by molar-refractivity contribution is 5.94. The molecular weight excluding hydrogens is 244 g/mol. The average molecular weight is 262 g/mol. The van der Waals surface area contributed by atoms with Crippen LogP contribution in [0.15, 0.2) is 18.2 Å². The first-order valence-electron chi connectivity index (χ1n) is 6.71. The fraction of sp³-hybridized carbons (Fsp3) is 0.500. The minimum Gasteiger partial charge on any atom is -0.490 e. The van der Waals surface area contributed by atoms with E-state index >= 15 is 0 Å². The maximum atomic E-state index is 12.0. The molecule has 0 radical (unpaired) electrons. The van der Waals surface area contributed by atoms with E-state index in [9.17, 15) is 4.79 Å². The molecule has 0 spiro atoms. The highest BCUT2D eigenvalue weighted by Crippen LogP contribution is 2.30. The number of fused-ring (bicyclic) bond motifs is 1. The SMILES string of the molecule is O=C(NCC1CNC1)c1ccc2c(c1)OCCCO2. The first-order chi connectivity index (χ1) is 9.33. The van der Waals surface area contributed by atoms with Gasteiger partial charge >= 0.3 is 0 Å². The van der Waals surface area contributed by atoms with Crippen LogP contribution in [-0.2, 0) is 0 Å². The normalized spacial score (nSPS) is 18.3. The van der Waals surface area contributed by atoms with Crippen molar-refractivity contribution in [2.75, 3.05) is 32.8 Å². The molecule has 0 bridgehead atoms. The molecule has 5 heteroatoms. The van der Waals surface area contributed by atoms with Gasteiger partial charge in [0.05, 0.1) is 13.2 Å². The molecule has 1 fully saturated rings. The number of carbonyl (C=O) groups is 1. The summed E-state index contributed by atoms with van der Waals surface area (Å²) in [6.07, 6.45) is 0.866. The Morgan fingerprint density at radius 3 is 2.79 bits per heavy atom. The van der Waals surface area contributed by atoms with Crippen LogP contribution in [0.2, 0.25) is 0 Å². The van der Waals surface area contributed by atoms with Gasteiger partial charge in [0.2, 0.25) is 0 Å². The van der Waals surface area contributed by atoms with E-state index in [0.29, 0.717) is 30.4 Å². The molecule has 1 aromatic carbocycles. The second-order valence-electron chi connectivity index (χ2n) is 4.95. The van der Waals surface area contributed by atoms with Gasteiger partial charge in [-0.15, -0.1) is 0 Å². The number of benzene rings is 1. The van der Waals surface area contributed by atoms with E-state index in [1.807, 2.05) is 0 Å². The van der Waals surface area contributed by atoms with Gasteiger partial charge in [-0.1, -0.05) is 0 Å². The fourth-order valence-electron chi connectivity index (χ4n) is 2.14. The number of amides is 1. The van der Waals surface area contributed by atoms with Crippen molar-refractivity contribution in [1.29, 1.82) is 0 Å².